The van der Waals surface area contributed by atoms with Crippen LogP contribution < -0.4 is 26.4 Å². The first-order chi connectivity index (χ1) is 15.6. The molecule has 0 heterocycles. The summed E-state index contributed by atoms with van der Waals surface area (Å²) < 4.78 is 5.66. The van der Waals surface area contributed by atoms with Crippen LogP contribution in [-0.2, 0) is 0 Å². The Hall–Kier alpha value is -3.91. The van der Waals surface area contributed by atoms with Crippen LogP contribution in [-0.4, -0.2) is 25.2 Å². The number of amides is 2. The van der Waals surface area contributed by atoms with E-state index in [1.165, 1.54) is 4.90 Å². The highest BCUT2D eigenvalue weighted by atomic mass is 32.2. The van der Waals surface area contributed by atoms with Crippen LogP contribution in [0.1, 0.15) is 0 Å². The van der Waals surface area contributed by atoms with Crippen LogP contribution in [0.2, 0.25) is 0 Å². The summed E-state index contributed by atoms with van der Waals surface area (Å²) in [5.41, 5.74) is 8.26. The summed E-state index contributed by atoms with van der Waals surface area (Å²) in [6.45, 7) is 0. The van der Waals surface area contributed by atoms with Gasteiger partial charge in [0.05, 0.1) is 0 Å². The van der Waals surface area contributed by atoms with E-state index in [1.54, 1.807) is 49.2 Å². The van der Waals surface area contributed by atoms with Crippen molar-refractivity contribution in [2.45, 2.75) is 4.90 Å². The molecule has 0 saturated carbocycles. The van der Waals surface area contributed by atoms with E-state index in [-0.39, 0.29) is 11.9 Å². The van der Waals surface area contributed by atoms with Crippen LogP contribution in [0.3, 0.4) is 0 Å². The van der Waals surface area contributed by atoms with Crippen LogP contribution >= 0.6 is 11.8 Å². The Bertz CT molecular complexity index is 1080. The van der Waals surface area contributed by atoms with Crippen LogP contribution in [0, 0.1) is 0 Å². The molecule has 8 heteroatoms. The predicted octanol–water partition coefficient (Wildman–Crippen LogP) is 5.37. The van der Waals surface area contributed by atoms with Crippen molar-refractivity contribution in [1.82, 2.24) is 0 Å². The van der Waals surface area contributed by atoms with Gasteiger partial charge in [0.25, 0.3) is 0 Å². The number of benzene rings is 3. The minimum Gasteiger partial charge on any atom is -0.442 e. The standard InChI is InChI=1S/C24H25N5O2S/c1-26-23(27-18-10-14-21(32-2)15-11-18)16-22(25)31-20-12-8-19(9-13-20)29-24(30)28-17-6-4-3-5-7-17/h3-16H,25H2,1-2H3,(H,26,27)(H2,28,29,30). The maximum atomic E-state index is 12.1. The predicted molar refractivity (Wildman–Crippen MR) is 134 cm³/mol. The SMILES string of the molecule is CN=C(C=C(N)Oc1ccc(NC(=O)Nc2ccccc2)cc1)Nc1ccc(SC)cc1. The number of rotatable bonds is 7. The molecule has 0 bridgehead atoms. The number of carbonyl (C=O) groups excluding carboxylic acids is 1. The zero-order valence-electron chi connectivity index (χ0n) is 17.8. The van der Waals surface area contributed by atoms with Crippen LogP contribution in [0.4, 0.5) is 21.9 Å². The topological polar surface area (TPSA) is 101 Å². The summed E-state index contributed by atoms with van der Waals surface area (Å²) in [4.78, 5) is 17.5. The van der Waals surface area contributed by atoms with Crippen LogP contribution in [0.5, 0.6) is 5.75 Å². The molecule has 0 saturated heterocycles. The molecule has 164 valence electrons. The number of nitrogens with two attached hydrogens (primary N) is 1. The van der Waals surface area contributed by atoms with Crippen LogP contribution in [0.25, 0.3) is 0 Å². The number of hydrogen-bond acceptors (Lipinski definition) is 5. The van der Waals surface area contributed by atoms with E-state index >= 15 is 0 Å². The molecule has 0 atom stereocenters. The average molecular weight is 448 g/mol. The summed E-state index contributed by atoms with van der Waals surface area (Å²) in [5.74, 6) is 1.28. The first-order valence-corrected chi connectivity index (χ1v) is 11.0. The molecule has 0 radical (unpaired) electrons. The third-order valence-corrected chi connectivity index (χ3v) is 5.01. The van der Waals surface area contributed by atoms with Gasteiger partial charge in [0.15, 0.2) is 5.88 Å². The van der Waals surface area contributed by atoms with Gasteiger partial charge in [-0.2, -0.15) is 0 Å². The van der Waals surface area contributed by atoms with Gasteiger partial charge in [-0.3, -0.25) is 4.99 Å². The van der Waals surface area contributed by atoms with Crippen molar-refractivity contribution in [3.05, 3.63) is 90.8 Å². The maximum absolute atomic E-state index is 12.1. The highest BCUT2D eigenvalue weighted by molar-refractivity contribution is 7.98. The molecular formula is C24H25N5O2S. The molecular weight excluding hydrogens is 422 g/mol. The van der Waals surface area contributed by atoms with Gasteiger partial charge in [0, 0.05) is 35.1 Å². The fourth-order valence-corrected chi connectivity index (χ4v) is 3.11. The molecule has 0 aromatic heterocycles. The summed E-state index contributed by atoms with van der Waals surface area (Å²) in [6.07, 6.45) is 3.65. The first-order valence-electron chi connectivity index (χ1n) is 9.82. The zero-order chi connectivity index (χ0) is 22.8. The van der Waals surface area contributed by atoms with Crippen molar-refractivity contribution in [3.8, 4) is 5.75 Å². The second kappa shape index (κ2) is 11.5. The summed E-state index contributed by atoms with van der Waals surface area (Å²) in [7, 11) is 1.67. The largest absolute Gasteiger partial charge is 0.442 e. The van der Waals surface area contributed by atoms with Gasteiger partial charge < -0.3 is 26.4 Å². The molecule has 0 unspecified atom stereocenters. The second-order valence-corrected chi connectivity index (χ2v) is 7.46. The van der Waals surface area contributed by atoms with Crippen molar-refractivity contribution in [2.24, 2.45) is 10.7 Å². The molecule has 7 nitrogen and oxygen atoms in total. The second-order valence-electron chi connectivity index (χ2n) is 6.58. The maximum Gasteiger partial charge on any atom is 0.323 e. The molecule has 0 aliphatic carbocycles. The quantitative estimate of drug-likeness (QED) is 0.169. The number of thioether (sulfide) groups is 1. The lowest BCUT2D eigenvalue weighted by Crippen LogP contribution is -2.19. The molecule has 2 amide bonds. The molecule has 5 N–H and O–H groups in total. The van der Waals surface area contributed by atoms with E-state index < -0.39 is 0 Å². The van der Waals surface area contributed by atoms with Crippen molar-refractivity contribution >= 4 is 40.7 Å². The smallest absolute Gasteiger partial charge is 0.323 e. The number of anilines is 3. The number of hydrogen-bond donors (Lipinski definition) is 4. The van der Waals surface area contributed by atoms with E-state index in [0.717, 1.165) is 5.69 Å². The van der Waals surface area contributed by atoms with E-state index in [9.17, 15) is 4.79 Å². The van der Waals surface area contributed by atoms with Gasteiger partial charge in [-0.05, 0) is 66.9 Å². The number of carbonyl (C=O) groups is 1. The number of ether oxygens (including phenoxy) is 1. The van der Waals surface area contributed by atoms with Gasteiger partial charge in [-0.25, -0.2) is 4.79 Å². The number of amidine groups is 1. The van der Waals surface area contributed by atoms with E-state index in [1.807, 2.05) is 60.9 Å². The number of urea groups is 1. The molecule has 0 aliphatic heterocycles. The van der Waals surface area contributed by atoms with E-state index in [0.29, 0.717) is 23.0 Å². The van der Waals surface area contributed by atoms with Crippen molar-refractivity contribution in [2.75, 3.05) is 29.3 Å². The summed E-state index contributed by atoms with van der Waals surface area (Å²) >= 11 is 1.68. The lowest BCUT2D eigenvalue weighted by Gasteiger charge is -2.10. The molecule has 0 aliphatic rings. The van der Waals surface area contributed by atoms with Crippen molar-refractivity contribution in [1.29, 1.82) is 0 Å². The van der Waals surface area contributed by atoms with Gasteiger partial charge in [-0.1, -0.05) is 18.2 Å². The van der Waals surface area contributed by atoms with Crippen molar-refractivity contribution < 1.29 is 9.53 Å². The fraction of sp³-hybridized carbons (Fsp3) is 0.0833. The Morgan fingerprint density at radius 2 is 1.44 bits per heavy atom. The summed E-state index contributed by atoms with van der Waals surface area (Å²) in [6, 6.07) is 23.8. The summed E-state index contributed by atoms with van der Waals surface area (Å²) in [5, 5.41) is 8.72. The van der Waals surface area contributed by atoms with Crippen LogP contribution in [0.15, 0.2) is 101 Å². The Kier molecular flexibility index (Phi) is 8.16. The third-order valence-electron chi connectivity index (χ3n) is 4.26. The molecule has 3 rings (SSSR count). The average Bonchev–Trinajstić information content (AvgIpc) is 2.81. The molecule has 0 spiro atoms. The van der Waals surface area contributed by atoms with E-state index in [4.69, 9.17) is 10.5 Å². The Morgan fingerprint density at radius 3 is 2.03 bits per heavy atom. The lowest BCUT2D eigenvalue weighted by atomic mass is 10.3. The van der Waals surface area contributed by atoms with Gasteiger partial charge in [-0.15, -0.1) is 11.8 Å². The normalized spacial score (nSPS) is 11.6. The first kappa shape index (κ1) is 22.8. The molecule has 3 aromatic carbocycles. The number of nitrogens with zero attached hydrogens (tertiary/aromatic N) is 1. The minimum absolute atomic E-state index is 0.182. The Labute approximate surface area is 191 Å². The highest BCUT2D eigenvalue weighted by Gasteiger charge is 2.04. The monoisotopic (exact) mass is 447 g/mol. The van der Waals surface area contributed by atoms with Gasteiger partial charge in [0.2, 0.25) is 0 Å². The Balaban J connectivity index is 1.55. The molecule has 0 fully saturated rings. The number of aliphatic imine (C=N–C) groups is 1. The minimum atomic E-state index is -0.329. The lowest BCUT2D eigenvalue weighted by molar-refractivity contribution is 0.262. The molecule has 32 heavy (non-hydrogen) atoms. The highest BCUT2D eigenvalue weighted by Crippen LogP contribution is 2.19. The number of nitrogens with one attached hydrogen (secondary N) is 3. The van der Waals surface area contributed by atoms with Gasteiger partial charge in [0.1, 0.15) is 11.6 Å². The van der Waals surface area contributed by atoms with E-state index in [2.05, 4.69) is 20.9 Å². The number of para-hydroxylation sites is 1. The fourth-order valence-electron chi connectivity index (χ4n) is 2.70. The molecule has 3 aromatic rings. The van der Waals surface area contributed by atoms with Gasteiger partial charge >= 0.3 is 6.03 Å². The van der Waals surface area contributed by atoms with Crippen molar-refractivity contribution in [3.63, 3.8) is 0 Å². The third kappa shape index (κ3) is 7.10. The zero-order valence-corrected chi connectivity index (χ0v) is 18.6. The Morgan fingerprint density at radius 1 is 0.875 bits per heavy atom.